The van der Waals surface area contributed by atoms with Crippen molar-refractivity contribution in [1.82, 2.24) is 4.90 Å². The van der Waals surface area contributed by atoms with E-state index in [4.69, 9.17) is 0 Å². The van der Waals surface area contributed by atoms with Crippen LogP contribution in [0.15, 0.2) is 35.2 Å². The highest BCUT2D eigenvalue weighted by atomic mass is 32.2. The molecule has 1 aromatic carbocycles. The Morgan fingerprint density at radius 1 is 1.00 bits per heavy atom. The Hall–Kier alpha value is -1.36. The first-order valence-corrected chi connectivity index (χ1v) is 9.81. The van der Waals surface area contributed by atoms with Crippen LogP contribution >= 0.6 is 0 Å². The Labute approximate surface area is 132 Å². The lowest BCUT2D eigenvalue weighted by molar-refractivity contribution is -0.132. The zero-order valence-electron chi connectivity index (χ0n) is 12.8. The van der Waals surface area contributed by atoms with E-state index < -0.39 is 9.84 Å². The number of sulfone groups is 1. The van der Waals surface area contributed by atoms with Crippen molar-refractivity contribution in [1.29, 1.82) is 0 Å². The van der Waals surface area contributed by atoms with Crippen molar-refractivity contribution in [2.45, 2.75) is 49.5 Å². The van der Waals surface area contributed by atoms with Gasteiger partial charge < -0.3 is 4.90 Å². The van der Waals surface area contributed by atoms with Gasteiger partial charge in [-0.15, -0.1) is 0 Å². The molecule has 2 aliphatic rings. The normalized spacial score (nSPS) is 23.9. The van der Waals surface area contributed by atoms with Crippen LogP contribution in [0.3, 0.4) is 0 Å². The standard InChI is InChI=1S/C17H23NO3S/c19-17-14(11-12-18(17)15-7-3-1-4-8-15)13-22(20,21)16-9-5-2-6-10-16/h2,5-6,9-10,14-15H,1,3-4,7-8,11-13H2. The maximum Gasteiger partial charge on any atom is 0.227 e. The third kappa shape index (κ3) is 3.19. The molecule has 1 unspecified atom stereocenters. The fourth-order valence-electron chi connectivity index (χ4n) is 3.66. The Bertz CT molecular complexity index is 621. The van der Waals surface area contributed by atoms with Crippen LogP contribution in [-0.4, -0.2) is 37.6 Å². The van der Waals surface area contributed by atoms with Gasteiger partial charge in [0, 0.05) is 12.6 Å². The first-order chi connectivity index (χ1) is 10.6. The molecule has 1 aromatic rings. The second-order valence-electron chi connectivity index (χ2n) is 6.40. The molecule has 4 nitrogen and oxygen atoms in total. The molecule has 120 valence electrons. The van der Waals surface area contributed by atoms with Gasteiger partial charge in [0.25, 0.3) is 0 Å². The lowest BCUT2D eigenvalue weighted by Gasteiger charge is -2.31. The molecule has 0 N–H and O–H groups in total. The predicted molar refractivity (Wildman–Crippen MR) is 85.2 cm³/mol. The number of hydrogen-bond donors (Lipinski definition) is 0. The molecule has 5 heteroatoms. The highest BCUT2D eigenvalue weighted by Gasteiger charge is 2.38. The molecule has 1 saturated carbocycles. The molecule has 1 atom stereocenters. The lowest BCUT2D eigenvalue weighted by atomic mass is 9.94. The molecule has 1 aliphatic carbocycles. The zero-order chi connectivity index (χ0) is 15.6. The molecule has 22 heavy (non-hydrogen) atoms. The van der Waals surface area contributed by atoms with Gasteiger partial charge in [0.2, 0.25) is 5.91 Å². The number of likely N-dealkylation sites (tertiary alicyclic amines) is 1. The van der Waals surface area contributed by atoms with Gasteiger partial charge in [-0.3, -0.25) is 4.79 Å². The summed E-state index contributed by atoms with van der Waals surface area (Å²) in [6, 6.07) is 8.78. The molecule has 1 saturated heterocycles. The second kappa shape index (κ2) is 6.41. The average Bonchev–Trinajstić information content (AvgIpc) is 2.89. The van der Waals surface area contributed by atoms with Crippen LogP contribution < -0.4 is 0 Å². The van der Waals surface area contributed by atoms with Gasteiger partial charge in [0.1, 0.15) is 0 Å². The Kier molecular flexibility index (Phi) is 4.52. The number of rotatable bonds is 4. The molecule has 1 aliphatic heterocycles. The maximum atomic E-state index is 12.6. The largest absolute Gasteiger partial charge is 0.339 e. The molecule has 0 radical (unpaired) electrons. The summed E-state index contributed by atoms with van der Waals surface area (Å²) in [7, 11) is -3.38. The minimum absolute atomic E-state index is 0.0476. The first kappa shape index (κ1) is 15.5. The Morgan fingerprint density at radius 2 is 1.68 bits per heavy atom. The van der Waals surface area contributed by atoms with Crippen molar-refractivity contribution < 1.29 is 13.2 Å². The van der Waals surface area contributed by atoms with Gasteiger partial charge in [-0.2, -0.15) is 0 Å². The molecule has 1 heterocycles. The Morgan fingerprint density at radius 3 is 2.36 bits per heavy atom. The summed E-state index contributed by atoms with van der Waals surface area (Å²) in [5.74, 6) is -0.377. The van der Waals surface area contributed by atoms with E-state index in [0.717, 1.165) is 19.4 Å². The summed E-state index contributed by atoms with van der Waals surface area (Å²) < 4.78 is 24.9. The van der Waals surface area contributed by atoms with Crippen molar-refractivity contribution in [3.05, 3.63) is 30.3 Å². The number of amides is 1. The molecule has 1 amide bonds. The first-order valence-electron chi connectivity index (χ1n) is 8.16. The van der Waals surface area contributed by atoms with E-state index in [2.05, 4.69) is 0 Å². The highest BCUT2D eigenvalue weighted by Crippen LogP contribution is 2.30. The van der Waals surface area contributed by atoms with Crippen LogP contribution in [0.25, 0.3) is 0 Å². The number of benzene rings is 1. The SMILES string of the molecule is O=C1C(CS(=O)(=O)c2ccccc2)CCN1C1CCCCC1. The summed E-state index contributed by atoms with van der Waals surface area (Å²) >= 11 is 0. The smallest absolute Gasteiger partial charge is 0.227 e. The van der Waals surface area contributed by atoms with Crippen LogP contribution in [0, 0.1) is 5.92 Å². The molecular formula is C17H23NO3S. The fourth-order valence-corrected chi connectivity index (χ4v) is 5.27. The molecule has 0 bridgehead atoms. The highest BCUT2D eigenvalue weighted by molar-refractivity contribution is 7.91. The van der Waals surface area contributed by atoms with Crippen molar-refractivity contribution >= 4 is 15.7 Å². The van der Waals surface area contributed by atoms with Gasteiger partial charge in [-0.25, -0.2) is 8.42 Å². The number of carbonyl (C=O) groups is 1. The quantitative estimate of drug-likeness (QED) is 0.856. The topological polar surface area (TPSA) is 54.5 Å². The summed E-state index contributed by atoms with van der Waals surface area (Å²) in [5.41, 5.74) is 0. The van der Waals surface area contributed by atoms with Crippen molar-refractivity contribution in [2.24, 2.45) is 5.92 Å². The van der Waals surface area contributed by atoms with Gasteiger partial charge in [0.05, 0.1) is 16.6 Å². The van der Waals surface area contributed by atoms with E-state index in [9.17, 15) is 13.2 Å². The molecule has 3 rings (SSSR count). The maximum absolute atomic E-state index is 12.6. The molecule has 2 fully saturated rings. The summed E-state index contributed by atoms with van der Waals surface area (Å²) in [6.45, 7) is 0.721. The monoisotopic (exact) mass is 321 g/mol. The number of nitrogens with zero attached hydrogens (tertiary/aromatic N) is 1. The van der Waals surface area contributed by atoms with E-state index >= 15 is 0 Å². The summed E-state index contributed by atoms with van der Waals surface area (Å²) in [4.78, 5) is 14.8. The van der Waals surface area contributed by atoms with Crippen LogP contribution in [0.1, 0.15) is 38.5 Å². The fraction of sp³-hybridized carbons (Fsp3) is 0.588. The van der Waals surface area contributed by atoms with E-state index in [1.54, 1.807) is 30.3 Å². The number of carbonyl (C=O) groups excluding carboxylic acids is 1. The van der Waals surface area contributed by atoms with E-state index in [0.29, 0.717) is 17.4 Å². The molecule has 0 aromatic heterocycles. The van der Waals surface area contributed by atoms with E-state index in [-0.39, 0.29) is 17.6 Å². The predicted octanol–water partition coefficient (Wildman–Crippen LogP) is 2.64. The van der Waals surface area contributed by atoms with Crippen LogP contribution in [0.5, 0.6) is 0 Å². The average molecular weight is 321 g/mol. The summed E-state index contributed by atoms with van der Waals surface area (Å²) in [6.07, 6.45) is 6.43. The third-order valence-corrected chi connectivity index (χ3v) is 6.72. The second-order valence-corrected chi connectivity index (χ2v) is 8.44. The van der Waals surface area contributed by atoms with Crippen LogP contribution in [0.2, 0.25) is 0 Å². The van der Waals surface area contributed by atoms with Crippen molar-refractivity contribution in [2.75, 3.05) is 12.3 Å². The summed E-state index contributed by atoms with van der Waals surface area (Å²) in [5, 5.41) is 0. The van der Waals surface area contributed by atoms with E-state index in [1.807, 2.05) is 4.90 Å². The van der Waals surface area contributed by atoms with Crippen molar-refractivity contribution in [3.63, 3.8) is 0 Å². The van der Waals surface area contributed by atoms with Gasteiger partial charge in [-0.1, -0.05) is 37.5 Å². The van der Waals surface area contributed by atoms with Gasteiger partial charge in [-0.05, 0) is 31.4 Å². The molecular weight excluding hydrogens is 298 g/mol. The Balaban J connectivity index is 1.68. The van der Waals surface area contributed by atoms with Crippen LogP contribution in [0.4, 0.5) is 0 Å². The zero-order valence-corrected chi connectivity index (χ0v) is 13.6. The number of hydrogen-bond acceptors (Lipinski definition) is 3. The van der Waals surface area contributed by atoms with Crippen LogP contribution in [-0.2, 0) is 14.6 Å². The van der Waals surface area contributed by atoms with Gasteiger partial charge in [0.15, 0.2) is 9.84 Å². The minimum atomic E-state index is -3.38. The van der Waals surface area contributed by atoms with Gasteiger partial charge >= 0.3 is 0 Å². The third-order valence-electron chi connectivity index (χ3n) is 4.89. The minimum Gasteiger partial charge on any atom is -0.339 e. The molecule has 0 spiro atoms. The lowest BCUT2D eigenvalue weighted by Crippen LogP contribution is -2.39. The van der Waals surface area contributed by atoms with Crippen molar-refractivity contribution in [3.8, 4) is 0 Å². The van der Waals surface area contributed by atoms with E-state index in [1.165, 1.54) is 19.3 Å².